The van der Waals surface area contributed by atoms with Crippen LogP contribution in [-0.2, 0) is 6.61 Å². The fourth-order valence-corrected chi connectivity index (χ4v) is 2.27. The molecule has 3 aromatic rings. The van der Waals surface area contributed by atoms with Crippen molar-refractivity contribution in [3.8, 4) is 11.3 Å². The van der Waals surface area contributed by atoms with Crippen molar-refractivity contribution in [2.45, 2.75) is 6.61 Å². The summed E-state index contributed by atoms with van der Waals surface area (Å²) in [4.78, 5) is 31.5. The van der Waals surface area contributed by atoms with Gasteiger partial charge < -0.3 is 4.84 Å². The van der Waals surface area contributed by atoms with Crippen LogP contribution in [0.15, 0.2) is 70.3 Å². The van der Waals surface area contributed by atoms with E-state index in [1.807, 2.05) is 18.2 Å². The molecule has 0 aliphatic heterocycles. The first-order chi connectivity index (χ1) is 11.1. The summed E-state index contributed by atoms with van der Waals surface area (Å²) in [6.45, 7) is 0.170. The van der Waals surface area contributed by atoms with E-state index in [1.54, 1.807) is 36.4 Å². The third-order valence-electron chi connectivity index (χ3n) is 3.24. The van der Waals surface area contributed by atoms with Crippen LogP contribution in [0.25, 0.3) is 11.3 Å². The lowest BCUT2D eigenvalue weighted by Gasteiger charge is -2.13. The minimum Gasteiger partial charge on any atom is -0.404 e. The first kappa shape index (κ1) is 15.1. The van der Waals surface area contributed by atoms with Crippen molar-refractivity contribution in [2.75, 3.05) is 0 Å². The van der Waals surface area contributed by atoms with Gasteiger partial charge in [-0.2, -0.15) is 0 Å². The monoisotopic (exact) mass is 328 g/mol. The van der Waals surface area contributed by atoms with Crippen LogP contribution in [0.2, 0.25) is 5.02 Å². The first-order valence-corrected chi connectivity index (χ1v) is 7.31. The number of aromatic amines is 1. The highest BCUT2D eigenvalue weighted by molar-refractivity contribution is 6.30. The number of nitrogens with zero attached hydrogens (tertiary/aromatic N) is 1. The number of halogens is 1. The second-order valence-corrected chi connectivity index (χ2v) is 5.32. The highest BCUT2D eigenvalue weighted by Crippen LogP contribution is 2.15. The average Bonchev–Trinajstić information content (AvgIpc) is 2.56. The van der Waals surface area contributed by atoms with E-state index in [0.717, 1.165) is 10.3 Å². The summed E-state index contributed by atoms with van der Waals surface area (Å²) >= 11 is 5.84. The zero-order valence-electron chi connectivity index (χ0n) is 12.0. The molecule has 3 rings (SSSR count). The van der Waals surface area contributed by atoms with Crippen LogP contribution in [-0.4, -0.2) is 9.71 Å². The molecule has 0 aliphatic rings. The summed E-state index contributed by atoms with van der Waals surface area (Å²) in [5.41, 5.74) is 0.872. The predicted octanol–water partition coefficient (Wildman–Crippen LogP) is 2.49. The molecule has 0 fully saturated rings. The fourth-order valence-electron chi connectivity index (χ4n) is 2.14. The molecule has 0 unspecified atom stereocenters. The minimum atomic E-state index is -0.620. The molecule has 6 heteroatoms. The largest absolute Gasteiger partial charge is 0.404 e. The molecule has 1 N–H and O–H groups in total. The molecule has 5 nitrogen and oxygen atoms in total. The van der Waals surface area contributed by atoms with Gasteiger partial charge in [0.25, 0.3) is 5.56 Å². The second kappa shape index (κ2) is 6.54. The summed E-state index contributed by atoms with van der Waals surface area (Å²) in [5, 5.41) is 0.625. The van der Waals surface area contributed by atoms with Gasteiger partial charge in [-0.1, -0.05) is 54.1 Å². The van der Waals surface area contributed by atoms with E-state index in [1.165, 1.54) is 6.07 Å². The van der Waals surface area contributed by atoms with Crippen LogP contribution in [0.4, 0.5) is 0 Å². The Kier molecular flexibility index (Phi) is 4.30. The molecular formula is C17H13ClN2O3. The first-order valence-electron chi connectivity index (χ1n) is 6.93. The van der Waals surface area contributed by atoms with Gasteiger partial charge >= 0.3 is 5.69 Å². The molecule has 0 radical (unpaired) electrons. The normalized spacial score (nSPS) is 10.5. The van der Waals surface area contributed by atoms with Crippen molar-refractivity contribution in [1.29, 1.82) is 0 Å². The predicted molar refractivity (Wildman–Crippen MR) is 88.5 cm³/mol. The lowest BCUT2D eigenvalue weighted by Crippen LogP contribution is -2.34. The Bertz CT molecular complexity index is 915. The standard InChI is InChI=1S/C17H13ClN2O3/c18-14-8-6-12(7-9-14)11-23-20-15(10-16(21)19-17(20)22)13-4-2-1-3-5-13/h1-10H,11H2,(H,19,21,22). The van der Waals surface area contributed by atoms with E-state index in [4.69, 9.17) is 16.4 Å². The highest BCUT2D eigenvalue weighted by atomic mass is 35.5. The molecule has 0 amide bonds. The Morgan fingerprint density at radius 1 is 1.00 bits per heavy atom. The number of rotatable bonds is 4. The van der Waals surface area contributed by atoms with Gasteiger partial charge in [0, 0.05) is 16.7 Å². The van der Waals surface area contributed by atoms with E-state index in [2.05, 4.69) is 4.98 Å². The average molecular weight is 329 g/mol. The maximum Gasteiger partial charge on any atom is 0.361 e. The van der Waals surface area contributed by atoms with Crippen molar-refractivity contribution >= 4 is 11.6 Å². The van der Waals surface area contributed by atoms with Crippen molar-refractivity contribution in [3.05, 3.63) is 92.1 Å². The summed E-state index contributed by atoms with van der Waals surface area (Å²) in [6, 6.07) is 17.5. The molecule has 0 saturated carbocycles. The van der Waals surface area contributed by atoms with E-state index in [-0.39, 0.29) is 6.61 Å². The van der Waals surface area contributed by atoms with Gasteiger partial charge in [0.05, 0.1) is 5.69 Å². The number of H-pyrrole nitrogens is 1. The highest BCUT2D eigenvalue weighted by Gasteiger charge is 2.09. The lowest BCUT2D eigenvalue weighted by molar-refractivity contribution is 0.0894. The molecule has 23 heavy (non-hydrogen) atoms. The summed E-state index contributed by atoms with van der Waals surface area (Å²) in [7, 11) is 0. The van der Waals surface area contributed by atoms with Crippen LogP contribution in [0.1, 0.15) is 5.56 Å². The van der Waals surface area contributed by atoms with Gasteiger partial charge in [-0.3, -0.25) is 9.78 Å². The van der Waals surface area contributed by atoms with Gasteiger partial charge in [-0.05, 0) is 17.7 Å². The molecule has 0 bridgehead atoms. The zero-order valence-corrected chi connectivity index (χ0v) is 12.8. The third-order valence-corrected chi connectivity index (χ3v) is 3.50. The number of benzene rings is 2. The number of hydrogen-bond acceptors (Lipinski definition) is 3. The summed E-state index contributed by atoms with van der Waals surface area (Å²) < 4.78 is 1.09. The SMILES string of the molecule is O=c1cc(-c2ccccc2)n(OCc2ccc(Cl)cc2)c(=O)[nH]1. The molecule has 1 aromatic heterocycles. The molecular weight excluding hydrogens is 316 g/mol. The minimum absolute atomic E-state index is 0.170. The Labute approximate surface area is 136 Å². The maximum atomic E-state index is 12.1. The topological polar surface area (TPSA) is 64.1 Å². The Morgan fingerprint density at radius 2 is 1.70 bits per heavy atom. The summed E-state index contributed by atoms with van der Waals surface area (Å²) in [6.07, 6.45) is 0. The second-order valence-electron chi connectivity index (χ2n) is 4.88. The summed E-state index contributed by atoms with van der Waals surface area (Å²) in [5.74, 6) is 0. The molecule has 116 valence electrons. The van der Waals surface area contributed by atoms with Crippen LogP contribution in [0.3, 0.4) is 0 Å². The van der Waals surface area contributed by atoms with Gasteiger partial charge in [-0.15, -0.1) is 4.73 Å². The van der Waals surface area contributed by atoms with Crippen molar-refractivity contribution in [1.82, 2.24) is 9.71 Å². The molecule has 1 heterocycles. The van der Waals surface area contributed by atoms with E-state index in [0.29, 0.717) is 16.3 Å². The zero-order chi connectivity index (χ0) is 16.2. The van der Waals surface area contributed by atoms with Crippen molar-refractivity contribution in [2.24, 2.45) is 0 Å². The number of hydrogen-bond donors (Lipinski definition) is 1. The van der Waals surface area contributed by atoms with Crippen LogP contribution in [0.5, 0.6) is 0 Å². The quantitative estimate of drug-likeness (QED) is 0.800. The van der Waals surface area contributed by atoms with Crippen molar-refractivity contribution < 1.29 is 4.84 Å². The number of nitrogens with one attached hydrogen (secondary N) is 1. The molecule has 0 atom stereocenters. The van der Waals surface area contributed by atoms with Gasteiger partial charge in [0.2, 0.25) is 0 Å². The van der Waals surface area contributed by atoms with Gasteiger partial charge in [0.1, 0.15) is 6.61 Å². The van der Waals surface area contributed by atoms with Crippen LogP contribution in [0, 0.1) is 0 Å². The van der Waals surface area contributed by atoms with E-state index in [9.17, 15) is 9.59 Å². The van der Waals surface area contributed by atoms with E-state index >= 15 is 0 Å². The smallest absolute Gasteiger partial charge is 0.361 e. The number of aromatic nitrogens is 2. The molecule has 0 saturated heterocycles. The van der Waals surface area contributed by atoms with Crippen molar-refractivity contribution in [3.63, 3.8) is 0 Å². The van der Waals surface area contributed by atoms with Crippen LogP contribution < -0.4 is 16.1 Å². The fraction of sp³-hybridized carbons (Fsp3) is 0.0588. The maximum absolute atomic E-state index is 12.1. The third kappa shape index (κ3) is 3.52. The Morgan fingerprint density at radius 3 is 2.39 bits per heavy atom. The lowest BCUT2D eigenvalue weighted by atomic mass is 10.1. The van der Waals surface area contributed by atoms with E-state index < -0.39 is 11.2 Å². The van der Waals surface area contributed by atoms with Gasteiger partial charge in [0.15, 0.2) is 0 Å². The van der Waals surface area contributed by atoms with Crippen LogP contribution >= 0.6 is 11.6 Å². The molecule has 0 spiro atoms. The Hall–Kier alpha value is -2.79. The Balaban J connectivity index is 1.96. The van der Waals surface area contributed by atoms with Gasteiger partial charge in [-0.25, -0.2) is 4.79 Å². The molecule has 0 aliphatic carbocycles. The molecule has 2 aromatic carbocycles.